The van der Waals surface area contributed by atoms with Gasteiger partial charge in [0.2, 0.25) is 0 Å². The largest absolute Gasteiger partial charge is 0.399 e. The summed E-state index contributed by atoms with van der Waals surface area (Å²) in [5, 5.41) is 4.91. The van der Waals surface area contributed by atoms with Crippen molar-refractivity contribution in [2.45, 2.75) is 38.1 Å². The van der Waals surface area contributed by atoms with Crippen molar-refractivity contribution in [3.8, 4) is 0 Å². The van der Waals surface area contributed by atoms with Crippen LogP contribution in [0.3, 0.4) is 0 Å². The summed E-state index contributed by atoms with van der Waals surface area (Å²) >= 11 is 0. The van der Waals surface area contributed by atoms with Crippen LogP contribution in [0.15, 0.2) is 30.5 Å². The van der Waals surface area contributed by atoms with Crippen LogP contribution in [0, 0.1) is 0 Å². The number of rotatable bonds is 2. The van der Waals surface area contributed by atoms with E-state index in [1.165, 1.54) is 19.3 Å². The Morgan fingerprint density at radius 1 is 1.20 bits per heavy atom. The Kier molecular flexibility index (Phi) is 3.54. The third-order valence-corrected chi connectivity index (χ3v) is 3.95. The second-order valence-electron chi connectivity index (χ2n) is 5.45. The van der Waals surface area contributed by atoms with Gasteiger partial charge in [-0.3, -0.25) is 9.78 Å². The summed E-state index contributed by atoms with van der Waals surface area (Å²) < 4.78 is 0. The second kappa shape index (κ2) is 5.49. The predicted molar refractivity (Wildman–Crippen MR) is 80.5 cm³/mol. The van der Waals surface area contributed by atoms with Crippen LogP contribution in [-0.4, -0.2) is 16.9 Å². The number of hydrogen-bond donors (Lipinski definition) is 2. The number of amides is 1. The van der Waals surface area contributed by atoms with Crippen molar-refractivity contribution in [3.05, 3.63) is 36.2 Å². The van der Waals surface area contributed by atoms with Gasteiger partial charge in [0.1, 0.15) is 5.69 Å². The fourth-order valence-corrected chi connectivity index (χ4v) is 2.87. The van der Waals surface area contributed by atoms with Crippen LogP contribution in [0.1, 0.15) is 42.6 Å². The molecule has 1 aliphatic carbocycles. The lowest BCUT2D eigenvalue weighted by atomic mass is 9.95. The maximum absolute atomic E-state index is 12.4. The molecule has 0 saturated heterocycles. The Balaban J connectivity index is 1.88. The molecule has 4 heteroatoms. The topological polar surface area (TPSA) is 68.0 Å². The molecule has 1 aromatic carbocycles. The number of pyridine rings is 1. The lowest BCUT2D eigenvalue weighted by Crippen LogP contribution is -2.36. The van der Waals surface area contributed by atoms with E-state index in [9.17, 15) is 4.79 Å². The molecule has 20 heavy (non-hydrogen) atoms. The standard InChI is InChI=1S/C16H19N3O/c17-12-7-6-11-8-9-18-15(14(11)10-12)16(20)19-13-4-2-1-3-5-13/h6-10,13H,1-5,17H2,(H,19,20). The molecule has 0 bridgehead atoms. The molecule has 4 nitrogen and oxygen atoms in total. The van der Waals surface area contributed by atoms with E-state index in [1.54, 1.807) is 6.20 Å². The Hall–Kier alpha value is -2.10. The van der Waals surface area contributed by atoms with Crippen molar-refractivity contribution < 1.29 is 4.79 Å². The van der Waals surface area contributed by atoms with E-state index in [-0.39, 0.29) is 11.9 Å². The normalized spacial score (nSPS) is 16.2. The first-order chi connectivity index (χ1) is 9.74. The molecule has 0 spiro atoms. The Morgan fingerprint density at radius 2 is 2.00 bits per heavy atom. The first-order valence-electron chi connectivity index (χ1n) is 7.19. The highest BCUT2D eigenvalue weighted by molar-refractivity contribution is 6.05. The number of aromatic nitrogens is 1. The van der Waals surface area contributed by atoms with Gasteiger partial charge in [-0.05, 0) is 36.4 Å². The quantitative estimate of drug-likeness (QED) is 0.824. The Bertz CT molecular complexity index is 633. The van der Waals surface area contributed by atoms with Gasteiger partial charge in [0.25, 0.3) is 5.91 Å². The molecule has 1 aromatic heterocycles. The van der Waals surface area contributed by atoms with Gasteiger partial charge in [-0.2, -0.15) is 0 Å². The number of nitrogen functional groups attached to an aromatic ring is 1. The number of fused-ring (bicyclic) bond motifs is 1. The number of anilines is 1. The molecule has 1 heterocycles. The van der Waals surface area contributed by atoms with Gasteiger partial charge in [-0.1, -0.05) is 25.3 Å². The summed E-state index contributed by atoms with van der Waals surface area (Å²) in [7, 11) is 0. The zero-order valence-corrected chi connectivity index (χ0v) is 11.4. The number of nitrogens with one attached hydrogen (secondary N) is 1. The van der Waals surface area contributed by atoms with Crippen molar-refractivity contribution in [1.29, 1.82) is 0 Å². The van der Waals surface area contributed by atoms with Crippen LogP contribution in [0.5, 0.6) is 0 Å². The Labute approximate surface area is 118 Å². The van der Waals surface area contributed by atoms with Crippen LogP contribution in [0.25, 0.3) is 10.8 Å². The number of hydrogen-bond acceptors (Lipinski definition) is 3. The van der Waals surface area contributed by atoms with Crippen LogP contribution >= 0.6 is 0 Å². The molecule has 3 N–H and O–H groups in total. The molecule has 1 amide bonds. The lowest BCUT2D eigenvalue weighted by molar-refractivity contribution is 0.0924. The number of nitrogens with zero attached hydrogens (tertiary/aromatic N) is 1. The molecule has 1 saturated carbocycles. The van der Waals surface area contributed by atoms with E-state index in [1.807, 2.05) is 24.3 Å². The van der Waals surface area contributed by atoms with E-state index in [0.717, 1.165) is 23.6 Å². The number of benzene rings is 1. The van der Waals surface area contributed by atoms with Crippen molar-refractivity contribution in [2.75, 3.05) is 5.73 Å². The summed E-state index contributed by atoms with van der Waals surface area (Å²) in [4.78, 5) is 16.7. The molecule has 104 valence electrons. The molecule has 2 aromatic rings. The van der Waals surface area contributed by atoms with Crippen molar-refractivity contribution in [3.63, 3.8) is 0 Å². The summed E-state index contributed by atoms with van der Waals surface area (Å²) in [6.45, 7) is 0. The first kappa shape index (κ1) is 12.9. The summed E-state index contributed by atoms with van der Waals surface area (Å²) in [5.74, 6) is -0.0897. The monoisotopic (exact) mass is 269 g/mol. The molecule has 1 aliphatic rings. The highest BCUT2D eigenvalue weighted by atomic mass is 16.1. The molecule has 0 radical (unpaired) electrons. The number of nitrogens with two attached hydrogens (primary N) is 1. The van der Waals surface area contributed by atoms with Gasteiger partial charge in [-0.25, -0.2) is 0 Å². The third kappa shape index (κ3) is 2.59. The highest BCUT2D eigenvalue weighted by Gasteiger charge is 2.18. The summed E-state index contributed by atoms with van der Waals surface area (Å²) in [6.07, 6.45) is 7.47. The van der Waals surface area contributed by atoms with Gasteiger partial charge in [-0.15, -0.1) is 0 Å². The SMILES string of the molecule is Nc1ccc2ccnc(C(=O)NC3CCCCC3)c2c1. The molecule has 0 atom stereocenters. The maximum atomic E-state index is 12.4. The lowest BCUT2D eigenvalue weighted by Gasteiger charge is -2.22. The van der Waals surface area contributed by atoms with E-state index in [0.29, 0.717) is 11.4 Å². The molecular formula is C16H19N3O. The van der Waals surface area contributed by atoms with Crippen molar-refractivity contribution >= 4 is 22.4 Å². The molecular weight excluding hydrogens is 250 g/mol. The smallest absolute Gasteiger partial charge is 0.270 e. The van der Waals surface area contributed by atoms with E-state index in [4.69, 9.17) is 5.73 Å². The van der Waals surface area contributed by atoms with Gasteiger partial charge in [0, 0.05) is 23.3 Å². The van der Waals surface area contributed by atoms with Crippen LogP contribution in [0.4, 0.5) is 5.69 Å². The minimum Gasteiger partial charge on any atom is -0.399 e. The van der Waals surface area contributed by atoms with E-state index < -0.39 is 0 Å². The van der Waals surface area contributed by atoms with Crippen LogP contribution in [-0.2, 0) is 0 Å². The first-order valence-corrected chi connectivity index (χ1v) is 7.19. The van der Waals surface area contributed by atoms with Gasteiger partial charge in [0.05, 0.1) is 0 Å². The van der Waals surface area contributed by atoms with Gasteiger partial charge >= 0.3 is 0 Å². The average Bonchev–Trinajstić information content (AvgIpc) is 2.47. The maximum Gasteiger partial charge on any atom is 0.270 e. The highest BCUT2D eigenvalue weighted by Crippen LogP contribution is 2.21. The third-order valence-electron chi connectivity index (χ3n) is 3.95. The molecule has 3 rings (SSSR count). The fraction of sp³-hybridized carbons (Fsp3) is 0.375. The second-order valence-corrected chi connectivity index (χ2v) is 5.45. The van der Waals surface area contributed by atoms with Crippen LogP contribution < -0.4 is 11.1 Å². The van der Waals surface area contributed by atoms with Gasteiger partial charge < -0.3 is 11.1 Å². The van der Waals surface area contributed by atoms with Crippen LogP contribution in [0.2, 0.25) is 0 Å². The summed E-state index contributed by atoms with van der Waals surface area (Å²) in [5.41, 5.74) is 6.94. The molecule has 0 unspecified atom stereocenters. The molecule has 1 fully saturated rings. The number of carbonyl (C=O) groups is 1. The average molecular weight is 269 g/mol. The summed E-state index contributed by atoms with van der Waals surface area (Å²) in [6, 6.07) is 7.76. The van der Waals surface area contributed by atoms with Crippen molar-refractivity contribution in [1.82, 2.24) is 10.3 Å². The van der Waals surface area contributed by atoms with E-state index >= 15 is 0 Å². The van der Waals surface area contributed by atoms with Crippen molar-refractivity contribution in [2.24, 2.45) is 0 Å². The minimum atomic E-state index is -0.0897. The molecule has 0 aliphatic heterocycles. The Morgan fingerprint density at radius 3 is 2.80 bits per heavy atom. The number of carbonyl (C=O) groups excluding carboxylic acids is 1. The van der Waals surface area contributed by atoms with E-state index in [2.05, 4.69) is 10.3 Å². The zero-order chi connectivity index (χ0) is 13.9. The fourth-order valence-electron chi connectivity index (χ4n) is 2.87. The predicted octanol–water partition coefficient (Wildman–Crippen LogP) is 2.88. The minimum absolute atomic E-state index is 0.0897. The zero-order valence-electron chi connectivity index (χ0n) is 11.4. The van der Waals surface area contributed by atoms with Gasteiger partial charge in [0.15, 0.2) is 0 Å².